The highest BCUT2D eigenvalue weighted by atomic mass is 35.5. The summed E-state index contributed by atoms with van der Waals surface area (Å²) in [6.07, 6.45) is 2.31. The van der Waals surface area contributed by atoms with Crippen LogP contribution in [0.1, 0.15) is 48.7 Å². The minimum absolute atomic E-state index is 0.0311. The third kappa shape index (κ3) is 7.33. The van der Waals surface area contributed by atoms with Crippen molar-refractivity contribution < 1.29 is 27.8 Å². The van der Waals surface area contributed by atoms with Crippen molar-refractivity contribution in [2.24, 2.45) is 0 Å². The highest BCUT2D eigenvalue weighted by Crippen LogP contribution is 2.32. The van der Waals surface area contributed by atoms with Crippen LogP contribution in [0.2, 0.25) is 5.02 Å². The lowest BCUT2D eigenvalue weighted by Crippen LogP contribution is -2.19. The van der Waals surface area contributed by atoms with Crippen LogP contribution in [-0.2, 0) is 6.42 Å². The smallest absolute Gasteiger partial charge is 0.294 e. The summed E-state index contributed by atoms with van der Waals surface area (Å²) in [5.74, 6) is -3.66. The van der Waals surface area contributed by atoms with Gasteiger partial charge in [0.05, 0.1) is 12.2 Å². The Balaban J connectivity index is 1.44. The van der Waals surface area contributed by atoms with Gasteiger partial charge in [0, 0.05) is 28.8 Å². The maximum absolute atomic E-state index is 14.0. The summed E-state index contributed by atoms with van der Waals surface area (Å²) in [6.45, 7) is 3.90. The Kier molecular flexibility index (Phi) is 8.51. The molecule has 0 bridgehead atoms. The van der Waals surface area contributed by atoms with Crippen LogP contribution in [0.15, 0.2) is 48.7 Å². The van der Waals surface area contributed by atoms with E-state index < -0.39 is 40.9 Å². The van der Waals surface area contributed by atoms with Crippen molar-refractivity contribution >= 4 is 23.3 Å². The molecule has 2 aromatic carbocycles. The first-order valence-corrected chi connectivity index (χ1v) is 12.3. The van der Waals surface area contributed by atoms with E-state index in [1.807, 2.05) is 0 Å². The predicted molar refractivity (Wildman–Crippen MR) is 139 cm³/mol. The lowest BCUT2D eigenvalue weighted by Gasteiger charge is -2.17. The van der Waals surface area contributed by atoms with Crippen molar-refractivity contribution in [3.8, 4) is 16.9 Å². The van der Waals surface area contributed by atoms with Gasteiger partial charge in [0.2, 0.25) is 5.82 Å². The number of nitrogens with one attached hydrogen (secondary N) is 2. The monoisotopic (exact) mass is 559 g/mol. The highest BCUT2D eigenvalue weighted by molar-refractivity contribution is 6.33. The molecule has 1 amide bonds. The molecule has 0 spiro atoms. The zero-order valence-electron chi connectivity index (χ0n) is 21.1. The van der Waals surface area contributed by atoms with E-state index in [2.05, 4.69) is 25.5 Å². The number of hydrogen-bond donors (Lipinski definition) is 3. The van der Waals surface area contributed by atoms with Gasteiger partial charge in [-0.3, -0.25) is 4.79 Å². The molecule has 0 fully saturated rings. The number of carbonyl (C=O) groups excluding carboxylic acids is 1. The topological polar surface area (TPSA) is 113 Å². The minimum atomic E-state index is -1.33. The second-order valence-electron chi connectivity index (χ2n) is 9.41. The molecule has 0 unspecified atom stereocenters. The fraction of sp³-hybridized carbons (Fsp3) is 0.259. The average molecular weight is 560 g/mol. The molecule has 4 aromatic rings. The van der Waals surface area contributed by atoms with E-state index in [-0.39, 0.29) is 17.5 Å². The van der Waals surface area contributed by atoms with Crippen LogP contribution in [0.3, 0.4) is 0 Å². The standard InChI is InChI=1S/C27H25ClF3N5O3/c1-27(2,38)9-3-11-39-16-4-5-19(28)17(13-16)15-8-10-32-22(12-15)34-26(37)25-33-23(35-36-25)14-18-20(29)6-7-21(30)24(18)31/h4-8,10,12-13,38H,3,9,11,14H2,1-2H3,(H,32,34,37)(H,33,35,36). The summed E-state index contributed by atoms with van der Waals surface area (Å²) >= 11 is 6.41. The van der Waals surface area contributed by atoms with Crippen molar-refractivity contribution in [1.82, 2.24) is 20.2 Å². The zero-order valence-corrected chi connectivity index (χ0v) is 21.8. The second kappa shape index (κ2) is 11.8. The SMILES string of the molecule is CC(C)(O)CCCOc1ccc(Cl)c(-c2ccnc(NC(=O)c3nnc(Cc4c(F)ccc(F)c4F)[nH]3)c2)c1. The van der Waals surface area contributed by atoms with E-state index in [1.54, 1.807) is 44.2 Å². The van der Waals surface area contributed by atoms with Gasteiger partial charge >= 0.3 is 0 Å². The van der Waals surface area contributed by atoms with Crippen molar-refractivity contribution in [2.75, 3.05) is 11.9 Å². The number of aromatic nitrogens is 4. The van der Waals surface area contributed by atoms with Gasteiger partial charge in [-0.15, -0.1) is 10.2 Å². The molecule has 0 saturated carbocycles. The Bertz CT molecular complexity index is 1490. The Morgan fingerprint density at radius 1 is 1.10 bits per heavy atom. The van der Waals surface area contributed by atoms with Crippen LogP contribution in [0, 0.1) is 17.5 Å². The molecule has 0 atom stereocenters. The Hall–Kier alpha value is -3.96. The lowest BCUT2D eigenvalue weighted by molar-refractivity contribution is 0.0641. The van der Waals surface area contributed by atoms with E-state index in [4.69, 9.17) is 16.3 Å². The van der Waals surface area contributed by atoms with Crippen molar-refractivity contribution in [2.45, 2.75) is 38.7 Å². The maximum atomic E-state index is 14.0. The number of carbonyl (C=O) groups is 1. The molecule has 0 radical (unpaired) electrons. The third-order valence-electron chi connectivity index (χ3n) is 5.68. The van der Waals surface area contributed by atoms with E-state index in [1.165, 1.54) is 6.20 Å². The van der Waals surface area contributed by atoms with E-state index in [9.17, 15) is 23.1 Å². The molecule has 204 valence electrons. The van der Waals surface area contributed by atoms with Gasteiger partial charge in [-0.1, -0.05) is 11.6 Å². The molecule has 39 heavy (non-hydrogen) atoms. The average Bonchev–Trinajstić information content (AvgIpc) is 3.36. The van der Waals surface area contributed by atoms with Crippen molar-refractivity contribution in [3.63, 3.8) is 0 Å². The maximum Gasteiger partial charge on any atom is 0.294 e. The molecule has 0 aliphatic heterocycles. The summed E-state index contributed by atoms with van der Waals surface area (Å²) in [7, 11) is 0. The quantitative estimate of drug-likeness (QED) is 0.169. The Morgan fingerprint density at radius 2 is 1.87 bits per heavy atom. The normalized spacial score (nSPS) is 11.5. The number of nitrogens with zero attached hydrogens (tertiary/aromatic N) is 3. The molecule has 0 saturated heterocycles. The number of aliphatic hydroxyl groups is 1. The molecule has 2 aromatic heterocycles. The number of benzene rings is 2. The van der Waals surface area contributed by atoms with Gasteiger partial charge in [0.25, 0.3) is 5.91 Å². The zero-order chi connectivity index (χ0) is 28.2. The summed E-state index contributed by atoms with van der Waals surface area (Å²) in [5.41, 5.74) is 0.00240. The highest BCUT2D eigenvalue weighted by Gasteiger charge is 2.19. The van der Waals surface area contributed by atoms with Gasteiger partial charge in [0.1, 0.15) is 23.2 Å². The first-order chi connectivity index (χ1) is 18.5. The van der Waals surface area contributed by atoms with Crippen LogP contribution in [0.4, 0.5) is 19.0 Å². The van der Waals surface area contributed by atoms with Gasteiger partial charge in [-0.05, 0) is 74.7 Å². The fourth-order valence-corrected chi connectivity index (χ4v) is 3.96. The summed E-state index contributed by atoms with van der Waals surface area (Å²) < 4.78 is 47.2. The number of amides is 1. The molecule has 8 nitrogen and oxygen atoms in total. The lowest BCUT2D eigenvalue weighted by atomic mass is 10.0. The molecule has 0 aliphatic carbocycles. The number of anilines is 1. The summed E-state index contributed by atoms with van der Waals surface area (Å²) in [6, 6.07) is 10.0. The van der Waals surface area contributed by atoms with E-state index in [0.717, 1.165) is 6.07 Å². The van der Waals surface area contributed by atoms with Crippen LogP contribution in [0.25, 0.3) is 11.1 Å². The van der Waals surface area contributed by atoms with Gasteiger partial charge in [0.15, 0.2) is 11.6 Å². The number of pyridine rings is 1. The molecule has 2 heterocycles. The molecular formula is C27H25ClF3N5O3. The van der Waals surface area contributed by atoms with Crippen LogP contribution >= 0.6 is 11.6 Å². The predicted octanol–water partition coefficient (Wildman–Crippen LogP) is 5.71. The number of H-pyrrole nitrogens is 1. The van der Waals surface area contributed by atoms with E-state index in [0.29, 0.717) is 47.4 Å². The number of halogens is 4. The third-order valence-corrected chi connectivity index (χ3v) is 6.01. The van der Waals surface area contributed by atoms with Crippen LogP contribution < -0.4 is 10.1 Å². The van der Waals surface area contributed by atoms with Crippen LogP contribution in [-0.4, -0.2) is 43.4 Å². The van der Waals surface area contributed by atoms with Crippen molar-refractivity contribution in [3.05, 3.63) is 88.3 Å². The molecular weight excluding hydrogens is 535 g/mol. The van der Waals surface area contributed by atoms with Gasteiger partial charge in [-0.25, -0.2) is 18.2 Å². The van der Waals surface area contributed by atoms with E-state index >= 15 is 0 Å². The second-order valence-corrected chi connectivity index (χ2v) is 9.82. The molecule has 12 heteroatoms. The Morgan fingerprint density at radius 3 is 2.64 bits per heavy atom. The fourth-order valence-electron chi connectivity index (χ4n) is 3.73. The number of hydrogen-bond acceptors (Lipinski definition) is 6. The number of ether oxygens (including phenoxy) is 1. The summed E-state index contributed by atoms with van der Waals surface area (Å²) in [5, 5.41) is 20.3. The number of rotatable bonds is 10. The first-order valence-electron chi connectivity index (χ1n) is 12.0. The molecule has 0 aliphatic rings. The molecule has 3 N–H and O–H groups in total. The molecule has 4 rings (SSSR count). The Labute approximate surface area is 227 Å². The largest absolute Gasteiger partial charge is 0.494 e. The van der Waals surface area contributed by atoms with Gasteiger partial charge in [-0.2, -0.15) is 0 Å². The summed E-state index contributed by atoms with van der Waals surface area (Å²) in [4.78, 5) is 19.4. The van der Waals surface area contributed by atoms with Crippen molar-refractivity contribution in [1.29, 1.82) is 0 Å². The minimum Gasteiger partial charge on any atom is -0.494 e. The first kappa shape index (κ1) is 28.1. The van der Waals surface area contributed by atoms with Gasteiger partial charge < -0.3 is 20.1 Å². The number of aromatic amines is 1. The van der Waals surface area contributed by atoms with Crippen LogP contribution in [0.5, 0.6) is 5.75 Å².